The van der Waals surface area contributed by atoms with Crippen molar-refractivity contribution in [3.8, 4) is 0 Å². The van der Waals surface area contributed by atoms with Gasteiger partial charge >= 0.3 is 5.97 Å². The third kappa shape index (κ3) is 4.08. The van der Waals surface area contributed by atoms with Gasteiger partial charge < -0.3 is 20.6 Å². The molecule has 5 heteroatoms. The first-order valence-electron chi connectivity index (χ1n) is 16.8. The fraction of sp³-hybridized carbons (Fsp3) is 0.757. The molecule has 42 heavy (non-hydrogen) atoms. The van der Waals surface area contributed by atoms with Crippen LogP contribution in [-0.4, -0.2) is 40.5 Å². The summed E-state index contributed by atoms with van der Waals surface area (Å²) in [5.74, 6) is 1.01. The van der Waals surface area contributed by atoms with E-state index in [2.05, 4.69) is 63.9 Å². The highest BCUT2D eigenvalue weighted by atomic mass is 16.4. The first-order chi connectivity index (χ1) is 19.9. The van der Waals surface area contributed by atoms with E-state index in [1.807, 2.05) is 6.07 Å². The predicted molar refractivity (Wildman–Crippen MR) is 166 cm³/mol. The number of aliphatic carboxylic acids is 1. The van der Waals surface area contributed by atoms with Gasteiger partial charge in [0.2, 0.25) is 0 Å². The molecule has 0 amide bonds. The van der Waals surface area contributed by atoms with E-state index in [0.29, 0.717) is 17.8 Å². The number of hydrogen-bond donors (Lipinski definition) is 4. The number of fused-ring (bicyclic) bond motifs is 7. The number of carboxylic acids is 1. The zero-order chi connectivity index (χ0) is 30.1. The smallest absolute Gasteiger partial charge is 0.309 e. The largest absolute Gasteiger partial charge is 0.481 e. The fourth-order valence-electron chi connectivity index (χ4n) is 12.5. The molecule has 5 fully saturated rings. The summed E-state index contributed by atoms with van der Waals surface area (Å²) in [5.41, 5.74) is 1.63. The average molecular weight is 578 g/mol. The van der Waals surface area contributed by atoms with Crippen LogP contribution in [0.25, 0.3) is 0 Å². The lowest BCUT2D eigenvalue weighted by Crippen LogP contribution is -2.67. The van der Waals surface area contributed by atoms with Crippen molar-refractivity contribution in [2.24, 2.45) is 56.7 Å². The molecule has 0 saturated heterocycles. The highest BCUT2D eigenvalue weighted by molar-refractivity contribution is 5.76. The van der Waals surface area contributed by atoms with E-state index < -0.39 is 22.9 Å². The summed E-state index contributed by atoms with van der Waals surface area (Å²) in [7, 11) is 0. The van der Waals surface area contributed by atoms with Crippen molar-refractivity contribution in [1.82, 2.24) is 5.32 Å². The first-order valence-corrected chi connectivity index (χ1v) is 16.8. The van der Waals surface area contributed by atoms with Crippen molar-refractivity contribution >= 4 is 5.97 Å². The summed E-state index contributed by atoms with van der Waals surface area (Å²) in [6, 6.07) is 10.4. The van der Waals surface area contributed by atoms with Crippen LogP contribution in [-0.2, 0) is 11.3 Å². The van der Waals surface area contributed by atoms with Gasteiger partial charge in [-0.2, -0.15) is 0 Å². The van der Waals surface area contributed by atoms with Gasteiger partial charge in [-0.05, 0) is 116 Å². The van der Waals surface area contributed by atoms with Crippen LogP contribution < -0.4 is 5.32 Å². The van der Waals surface area contributed by atoms with E-state index in [4.69, 9.17) is 0 Å². The molecule has 5 nitrogen and oxygen atoms in total. The van der Waals surface area contributed by atoms with Crippen LogP contribution in [0, 0.1) is 56.7 Å². The van der Waals surface area contributed by atoms with Crippen LogP contribution in [0.15, 0.2) is 42.5 Å². The minimum absolute atomic E-state index is 0.0447. The monoisotopic (exact) mass is 577 g/mol. The quantitative estimate of drug-likeness (QED) is 0.267. The van der Waals surface area contributed by atoms with E-state index in [0.717, 1.165) is 77.3 Å². The minimum Gasteiger partial charge on any atom is -0.481 e. The summed E-state index contributed by atoms with van der Waals surface area (Å²) >= 11 is 0. The molecule has 232 valence electrons. The van der Waals surface area contributed by atoms with Gasteiger partial charge in [-0.15, -0.1) is 0 Å². The number of aliphatic hydroxyl groups is 2. The Morgan fingerprint density at radius 1 is 0.905 bits per heavy atom. The Morgan fingerprint density at radius 3 is 2.33 bits per heavy atom. The lowest BCUT2D eigenvalue weighted by Gasteiger charge is -2.72. The van der Waals surface area contributed by atoms with Crippen molar-refractivity contribution in [3.63, 3.8) is 0 Å². The molecule has 1 aromatic carbocycles. The van der Waals surface area contributed by atoms with E-state index in [1.54, 1.807) is 0 Å². The summed E-state index contributed by atoms with van der Waals surface area (Å²) in [6.07, 6.45) is 9.15. The summed E-state index contributed by atoms with van der Waals surface area (Å²) < 4.78 is 0. The average Bonchev–Trinajstić information content (AvgIpc) is 3.37. The van der Waals surface area contributed by atoms with Gasteiger partial charge in [-0.1, -0.05) is 70.2 Å². The van der Waals surface area contributed by atoms with Gasteiger partial charge in [0.05, 0.1) is 18.1 Å². The van der Waals surface area contributed by atoms with Crippen LogP contribution in [0.5, 0.6) is 0 Å². The molecule has 11 atom stereocenters. The number of nitrogens with one attached hydrogen (secondary N) is 1. The number of aliphatic hydroxyl groups excluding tert-OH is 2. The highest BCUT2D eigenvalue weighted by Crippen LogP contribution is 2.77. The molecular weight excluding hydrogens is 522 g/mol. The normalized spacial score (nSPS) is 48.0. The topological polar surface area (TPSA) is 89.8 Å². The second-order valence-electron chi connectivity index (χ2n) is 16.3. The lowest BCUT2D eigenvalue weighted by molar-refractivity contribution is -0.254. The van der Waals surface area contributed by atoms with E-state index in [9.17, 15) is 20.1 Å². The highest BCUT2D eigenvalue weighted by Gasteiger charge is 2.72. The van der Waals surface area contributed by atoms with Crippen LogP contribution in [0.3, 0.4) is 0 Å². The molecule has 0 bridgehead atoms. The van der Waals surface area contributed by atoms with Crippen molar-refractivity contribution < 1.29 is 20.1 Å². The number of carboxylic acid groups (broad SMARTS) is 1. The molecule has 0 aromatic heterocycles. The van der Waals surface area contributed by atoms with E-state index in [1.165, 1.54) is 11.1 Å². The van der Waals surface area contributed by atoms with Gasteiger partial charge in [-0.25, -0.2) is 0 Å². The molecule has 0 aliphatic heterocycles. The Balaban J connectivity index is 1.29. The Bertz CT molecular complexity index is 1200. The van der Waals surface area contributed by atoms with Crippen LogP contribution in [0.1, 0.15) is 97.5 Å². The molecule has 6 rings (SSSR count). The van der Waals surface area contributed by atoms with Crippen LogP contribution >= 0.6 is 0 Å². The third-order valence-electron chi connectivity index (χ3n) is 15.0. The Hall–Kier alpha value is -1.69. The van der Waals surface area contributed by atoms with Crippen LogP contribution in [0.2, 0.25) is 0 Å². The first kappa shape index (κ1) is 30.3. The van der Waals surface area contributed by atoms with E-state index in [-0.39, 0.29) is 34.7 Å². The van der Waals surface area contributed by atoms with Crippen LogP contribution in [0.4, 0.5) is 0 Å². The second kappa shape index (κ2) is 10.4. The summed E-state index contributed by atoms with van der Waals surface area (Å²) in [4.78, 5) is 13.1. The van der Waals surface area contributed by atoms with Gasteiger partial charge in [0.15, 0.2) is 0 Å². The van der Waals surface area contributed by atoms with Gasteiger partial charge in [0, 0.05) is 18.5 Å². The molecule has 0 heterocycles. The standard InChI is InChI=1S/C37H55NO4/c1-24(21-38-22-25-9-7-6-8-10-25)26-13-18-37(32(41)42)20-19-35(4)27(31(26)37)11-12-29-33(2)16-15-30(40)34(3,23-39)28(33)14-17-36(29,35)5/h6-10,26-31,38-40H,1,11-23H2,2-5H3,(H,41,42)/t26-,27?,28+,29+,30?,31+,33-,34-,35+,36+,37-/m0/s1. The SMILES string of the molecule is C=C(CNCc1ccccc1)[C@@H]1CC[C@]2(C(=O)O)CC[C@]3(C)C(CC[C@@H]4[C@@]5(C)CCC(O)[C@@](C)(CO)[C@@H]5CC[C@]43C)[C@@H]12. The maximum atomic E-state index is 13.1. The van der Waals surface area contributed by atoms with Gasteiger partial charge in [-0.3, -0.25) is 4.79 Å². The van der Waals surface area contributed by atoms with Gasteiger partial charge in [0.25, 0.3) is 0 Å². The molecule has 4 N–H and O–H groups in total. The summed E-state index contributed by atoms with van der Waals surface area (Å²) in [6.45, 7) is 15.9. The Kier molecular flexibility index (Phi) is 7.55. The number of rotatable bonds is 7. The molecule has 0 spiro atoms. The number of benzene rings is 1. The summed E-state index contributed by atoms with van der Waals surface area (Å²) in [5, 5.41) is 36.0. The van der Waals surface area contributed by atoms with Crippen molar-refractivity contribution in [2.45, 2.75) is 105 Å². The molecular formula is C37H55NO4. The maximum Gasteiger partial charge on any atom is 0.309 e. The van der Waals surface area contributed by atoms with Gasteiger partial charge in [0.1, 0.15) is 0 Å². The fourth-order valence-corrected chi connectivity index (χ4v) is 12.5. The minimum atomic E-state index is -0.633. The molecule has 5 saturated carbocycles. The molecule has 0 radical (unpaired) electrons. The number of carbonyl (C=O) groups is 1. The lowest BCUT2D eigenvalue weighted by atomic mass is 9.32. The van der Waals surface area contributed by atoms with Crippen molar-refractivity contribution in [2.75, 3.05) is 13.2 Å². The molecule has 5 aliphatic rings. The Labute approximate surface area is 253 Å². The second-order valence-corrected chi connectivity index (χ2v) is 16.3. The van der Waals surface area contributed by atoms with E-state index >= 15 is 0 Å². The zero-order valence-corrected chi connectivity index (χ0v) is 26.5. The molecule has 2 unspecified atom stereocenters. The zero-order valence-electron chi connectivity index (χ0n) is 26.5. The van der Waals surface area contributed by atoms with Crippen molar-refractivity contribution in [3.05, 3.63) is 48.0 Å². The molecule has 5 aliphatic carbocycles. The maximum absolute atomic E-state index is 13.1. The van der Waals surface area contributed by atoms with Crippen molar-refractivity contribution in [1.29, 1.82) is 0 Å². The number of hydrogen-bond acceptors (Lipinski definition) is 4. The third-order valence-corrected chi connectivity index (χ3v) is 15.0. The predicted octanol–water partition coefficient (Wildman–Crippen LogP) is 6.83. The Morgan fingerprint density at radius 2 is 1.64 bits per heavy atom. The molecule has 1 aromatic rings.